The minimum absolute atomic E-state index is 0.178. The molecule has 70 valence electrons. The highest BCUT2D eigenvalue weighted by Crippen LogP contribution is 1.96. The van der Waals surface area contributed by atoms with Crippen molar-refractivity contribution >= 4 is 12.4 Å². The second-order valence-corrected chi connectivity index (χ2v) is 2.24. The zero-order valence-corrected chi connectivity index (χ0v) is 6.97. The molecule has 0 amide bonds. The molecule has 0 aliphatic carbocycles. The summed E-state index contributed by atoms with van der Waals surface area (Å²) in [6.07, 6.45) is 2.97. The molecule has 0 spiro atoms. The Morgan fingerprint density at radius 1 is 1.77 bits per heavy atom. The highest BCUT2D eigenvalue weighted by molar-refractivity contribution is 5.86. The molecule has 1 aromatic heterocycles. The van der Waals surface area contributed by atoms with Crippen LogP contribution in [0.15, 0.2) is 12.5 Å². The summed E-state index contributed by atoms with van der Waals surface area (Å²) >= 11 is 0. The van der Waals surface area contributed by atoms with Gasteiger partial charge in [-0.15, -0.1) is 0 Å². The van der Waals surface area contributed by atoms with Crippen molar-refractivity contribution in [1.82, 2.24) is 9.55 Å². The molecular formula is C7H8N2O4. The lowest BCUT2D eigenvalue weighted by atomic mass is 10.5. The molecule has 0 aliphatic rings. The fourth-order valence-corrected chi connectivity index (χ4v) is 0.707. The Kier molecular flexibility index (Phi) is 3.02. The summed E-state index contributed by atoms with van der Waals surface area (Å²) in [4.78, 5) is 24.5. The van der Waals surface area contributed by atoms with E-state index in [-0.39, 0.29) is 19.0 Å². The smallest absolute Gasteiger partial charge is 0.361 e. The zero-order valence-electron chi connectivity index (χ0n) is 6.97. The summed E-state index contributed by atoms with van der Waals surface area (Å²) in [6, 6.07) is 0. The first-order chi connectivity index (χ1) is 6.24. The summed E-state index contributed by atoms with van der Waals surface area (Å²) in [7, 11) is 1.73. The van der Waals surface area contributed by atoms with Crippen molar-refractivity contribution in [2.45, 2.75) is 0 Å². The van der Waals surface area contributed by atoms with Gasteiger partial charge in [-0.2, -0.15) is 0 Å². The largest absolute Gasteiger partial charge is 0.430 e. The van der Waals surface area contributed by atoms with E-state index in [4.69, 9.17) is 0 Å². The predicted molar refractivity (Wildman–Crippen MR) is 40.6 cm³/mol. The van der Waals surface area contributed by atoms with Gasteiger partial charge in [0.25, 0.3) is 6.47 Å². The van der Waals surface area contributed by atoms with Crippen molar-refractivity contribution in [1.29, 1.82) is 0 Å². The van der Waals surface area contributed by atoms with Crippen LogP contribution in [0.2, 0.25) is 0 Å². The van der Waals surface area contributed by atoms with Gasteiger partial charge in [0.15, 0.2) is 5.69 Å². The fraction of sp³-hybridized carbons (Fsp3) is 0.286. The van der Waals surface area contributed by atoms with Crippen LogP contribution >= 0.6 is 0 Å². The number of hydrogen-bond acceptors (Lipinski definition) is 5. The molecule has 0 aliphatic heterocycles. The number of rotatable bonds is 4. The van der Waals surface area contributed by atoms with Gasteiger partial charge >= 0.3 is 5.97 Å². The van der Waals surface area contributed by atoms with E-state index in [9.17, 15) is 9.59 Å². The number of esters is 1. The second kappa shape index (κ2) is 4.24. The van der Waals surface area contributed by atoms with Gasteiger partial charge in [-0.3, -0.25) is 4.79 Å². The Bertz CT molecular complexity index is 307. The number of imidazole rings is 1. The molecule has 1 heterocycles. The van der Waals surface area contributed by atoms with Crippen LogP contribution in [-0.4, -0.2) is 28.8 Å². The van der Waals surface area contributed by atoms with Crippen LogP contribution in [0.5, 0.6) is 0 Å². The van der Waals surface area contributed by atoms with Crippen LogP contribution in [0.4, 0.5) is 0 Å². The van der Waals surface area contributed by atoms with Crippen LogP contribution < -0.4 is 0 Å². The number of nitrogens with zero attached hydrogens (tertiary/aromatic N) is 2. The monoisotopic (exact) mass is 184 g/mol. The summed E-state index contributed by atoms with van der Waals surface area (Å²) in [5, 5.41) is 0. The number of carbonyl (C=O) groups is 2. The molecule has 0 N–H and O–H groups in total. The summed E-state index contributed by atoms with van der Waals surface area (Å²) in [5.41, 5.74) is 0.178. The van der Waals surface area contributed by atoms with Gasteiger partial charge < -0.3 is 14.0 Å². The van der Waals surface area contributed by atoms with Crippen LogP contribution in [-0.2, 0) is 21.3 Å². The maximum Gasteiger partial charge on any atom is 0.361 e. The number of aromatic nitrogens is 2. The number of aryl methyl sites for hydroxylation is 1. The third-order valence-corrected chi connectivity index (χ3v) is 1.24. The van der Waals surface area contributed by atoms with Gasteiger partial charge in [-0.05, 0) is 0 Å². The van der Waals surface area contributed by atoms with Crippen molar-refractivity contribution in [3.8, 4) is 0 Å². The second-order valence-electron chi connectivity index (χ2n) is 2.24. The van der Waals surface area contributed by atoms with Crippen LogP contribution in [0.3, 0.4) is 0 Å². The number of hydrogen-bond donors (Lipinski definition) is 0. The van der Waals surface area contributed by atoms with Crippen molar-refractivity contribution in [2.75, 3.05) is 6.79 Å². The van der Waals surface area contributed by atoms with Crippen LogP contribution in [0.1, 0.15) is 10.5 Å². The van der Waals surface area contributed by atoms with E-state index in [2.05, 4.69) is 14.5 Å². The summed E-state index contributed by atoms with van der Waals surface area (Å²) in [6.45, 7) is -0.190. The first-order valence-corrected chi connectivity index (χ1v) is 3.44. The highest BCUT2D eigenvalue weighted by Gasteiger charge is 2.09. The predicted octanol–water partition coefficient (Wildman–Crippen LogP) is -0.293. The molecular weight excluding hydrogens is 176 g/mol. The molecule has 0 aromatic carbocycles. The van der Waals surface area contributed by atoms with Crippen LogP contribution in [0.25, 0.3) is 0 Å². The molecule has 0 bridgehead atoms. The standard InChI is InChI=1S/C7H8N2O4/c1-9-2-6(8-3-9)7(11)13-5-12-4-10/h2-4H,5H2,1H3. The van der Waals surface area contributed by atoms with Gasteiger partial charge in [0, 0.05) is 13.2 Å². The Morgan fingerprint density at radius 3 is 3.08 bits per heavy atom. The van der Waals surface area contributed by atoms with E-state index in [1.165, 1.54) is 12.5 Å². The molecule has 0 unspecified atom stereocenters. The third-order valence-electron chi connectivity index (χ3n) is 1.24. The summed E-state index contributed by atoms with van der Waals surface area (Å²) < 4.78 is 10.3. The minimum Gasteiger partial charge on any atom is -0.430 e. The zero-order chi connectivity index (χ0) is 9.68. The molecule has 6 heteroatoms. The number of ether oxygens (including phenoxy) is 2. The van der Waals surface area contributed by atoms with Gasteiger partial charge in [-0.1, -0.05) is 0 Å². The Morgan fingerprint density at radius 2 is 2.54 bits per heavy atom. The number of carbonyl (C=O) groups excluding carboxylic acids is 2. The Hall–Kier alpha value is -1.85. The third kappa shape index (κ3) is 2.58. The van der Waals surface area contributed by atoms with E-state index in [1.54, 1.807) is 11.6 Å². The molecule has 0 atom stereocenters. The maximum absolute atomic E-state index is 11.0. The van der Waals surface area contributed by atoms with E-state index in [0.717, 1.165) is 0 Å². The van der Waals surface area contributed by atoms with E-state index in [0.29, 0.717) is 0 Å². The minimum atomic E-state index is -0.623. The fourth-order valence-electron chi connectivity index (χ4n) is 0.707. The van der Waals surface area contributed by atoms with E-state index >= 15 is 0 Å². The maximum atomic E-state index is 11.0. The topological polar surface area (TPSA) is 70.4 Å². The normalized spacial score (nSPS) is 9.31. The molecule has 0 saturated carbocycles. The summed E-state index contributed by atoms with van der Waals surface area (Å²) in [5.74, 6) is -0.623. The van der Waals surface area contributed by atoms with Gasteiger partial charge in [-0.25, -0.2) is 9.78 Å². The molecule has 0 radical (unpaired) electrons. The molecule has 1 aromatic rings. The Labute approximate surface area is 74.1 Å². The Balaban J connectivity index is 2.44. The van der Waals surface area contributed by atoms with Gasteiger partial charge in [0.2, 0.25) is 6.79 Å². The van der Waals surface area contributed by atoms with Crippen molar-refractivity contribution in [3.05, 3.63) is 18.2 Å². The first kappa shape index (κ1) is 9.24. The highest BCUT2D eigenvalue weighted by atomic mass is 16.7. The lowest BCUT2D eigenvalue weighted by molar-refractivity contribution is -0.136. The van der Waals surface area contributed by atoms with E-state index < -0.39 is 5.97 Å². The average Bonchev–Trinajstić information content (AvgIpc) is 2.52. The van der Waals surface area contributed by atoms with Crippen molar-refractivity contribution < 1.29 is 19.1 Å². The van der Waals surface area contributed by atoms with Crippen LogP contribution in [0, 0.1) is 0 Å². The van der Waals surface area contributed by atoms with E-state index in [1.807, 2.05) is 0 Å². The lowest BCUT2D eigenvalue weighted by Gasteiger charge is -1.98. The molecule has 13 heavy (non-hydrogen) atoms. The molecule has 0 fully saturated rings. The quantitative estimate of drug-likeness (QED) is 0.278. The van der Waals surface area contributed by atoms with Crippen molar-refractivity contribution in [2.24, 2.45) is 7.05 Å². The molecule has 6 nitrogen and oxygen atoms in total. The first-order valence-electron chi connectivity index (χ1n) is 3.44. The average molecular weight is 184 g/mol. The SMILES string of the molecule is Cn1cnc(C(=O)OCOC=O)c1. The lowest BCUT2D eigenvalue weighted by Crippen LogP contribution is -2.08. The molecule has 1 rings (SSSR count). The van der Waals surface area contributed by atoms with Crippen molar-refractivity contribution in [3.63, 3.8) is 0 Å². The molecule has 0 saturated heterocycles. The van der Waals surface area contributed by atoms with Gasteiger partial charge in [0.05, 0.1) is 6.33 Å². The van der Waals surface area contributed by atoms with Gasteiger partial charge in [0.1, 0.15) is 0 Å².